The van der Waals surface area contributed by atoms with Crippen LogP contribution in [0.15, 0.2) is 30.3 Å². The highest BCUT2D eigenvalue weighted by Crippen LogP contribution is 2.36. The molecule has 2 atom stereocenters. The Labute approximate surface area is 119 Å². The van der Waals surface area contributed by atoms with E-state index in [0.29, 0.717) is 19.6 Å². The summed E-state index contributed by atoms with van der Waals surface area (Å²) in [6.45, 7) is 3.06. The van der Waals surface area contributed by atoms with E-state index >= 15 is 0 Å². The van der Waals surface area contributed by atoms with E-state index in [2.05, 4.69) is 0 Å². The van der Waals surface area contributed by atoms with Gasteiger partial charge in [-0.3, -0.25) is 4.79 Å². The van der Waals surface area contributed by atoms with Gasteiger partial charge in [-0.05, 0) is 19.1 Å². The van der Waals surface area contributed by atoms with Crippen molar-refractivity contribution in [3.63, 3.8) is 0 Å². The van der Waals surface area contributed by atoms with Crippen LogP contribution in [0.5, 0.6) is 0 Å². The van der Waals surface area contributed by atoms with E-state index in [0.717, 1.165) is 5.69 Å². The fourth-order valence-corrected chi connectivity index (χ4v) is 4.24. The molecule has 1 aromatic carbocycles. The molecule has 1 amide bonds. The van der Waals surface area contributed by atoms with E-state index < -0.39 is 10.0 Å². The van der Waals surface area contributed by atoms with Crippen molar-refractivity contribution in [1.82, 2.24) is 4.31 Å². The van der Waals surface area contributed by atoms with Gasteiger partial charge in [-0.2, -0.15) is 0 Å². The minimum atomic E-state index is -3.18. The molecule has 0 spiro atoms. The number of hydrogen-bond acceptors (Lipinski definition) is 3. The number of para-hydroxylation sites is 1. The molecule has 0 bridgehead atoms. The molecule has 2 saturated heterocycles. The molecule has 0 aromatic heterocycles. The molecule has 0 aliphatic carbocycles. The highest BCUT2D eigenvalue weighted by atomic mass is 32.2. The number of rotatable bonds is 3. The third-order valence-corrected chi connectivity index (χ3v) is 6.05. The van der Waals surface area contributed by atoms with Crippen molar-refractivity contribution < 1.29 is 13.2 Å². The summed E-state index contributed by atoms with van der Waals surface area (Å²) in [5.74, 6) is 0.0822. The average Bonchev–Trinajstić information content (AvgIpc) is 3.00. The first-order valence-corrected chi connectivity index (χ1v) is 8.48. The molecule has 2 heterocycles. The quantitative estimate of drug-likeness (QED) is 0.833. The Morgan fingerprint density at radius 3 is 2.45 bits per heavy atom. The average molecular weight is 294 g/mol. The molecule has 6 heteroatoms. The normalized spacial score (nSPS) is 27.1. The molecule has 2 fully saturated rings. The van der Waals surface area contributed by atoms with Crippen molar-refractivity contribution in [1.29, 1.82) is 0 Å². The summed E-state index contributed by atoms with van der Waals surface area (Å²) in [4.78, 5) is 14.2. The number of carbonyl (C=O) groups excluding carboxylic acids is 1. The molecule has 2 aliphatic rings. The van der Waals surface area contributed by atoms with Crippen LogP contribution in [0.3, 0.4) is 0 Å². The Morgan fingerprint density at radius 1 is 1.15 bits per heavy atom. The molecule has 0 saturated carbocycles. The lowest BCUT2D eigenvalue weighted by molar-refractivity contribution is -0.120. The molecule has 0 unspecified atom stereocenters. The van der Waals surface area contributed by atoms with Crippen molar-refractivity contribution in [3.05, 3.63) is 30.3 Å². The number of nitrogens with zero attached hydrogens (tertiary/aromatic N) is 2. The monoisotopic (exact) mass is 294 g/mol. The van der Waals surface area contributed by atoms with Crippen LogP contribution in [0.4, 0.5) is 5.69 Å². The fourth-order valence-electron chi connectivity index (χ4n) is 3.07. The first kappa shape index (κ1) is 13.6. The van der Waals surface area contributed by atoms with E-state index in [1.54, 1.807) is 11.8 Å². The number of sulfonamides is 1. The largest absolute Gasteiger partial charge is 0.312 e. The second-order valence-electron chi connectivity index (χ2n) is 5.37. The minimum Gasteiger partial charge on any atom is -0.312 e. The maximum Gasteiger partial charge on any atom is 0.231 e. The molecule has 0 N–H and O–H groups in total. The van der Waals surface area contributed by atoms with Crippen LogP contribution < -0.4 is 4.90 Å². The van der Waals surface area contributed by atoms with Gasteiger partial charge in [-0.15, -0.1) is 0 Å². The van der Waals surface area contributed by atoms with Crippen molar-refractivity contribution in [3.8, 4) is 0 Å². The van der Waals surface area contributed by atoms with Crippen LogP contribution in [0.25, 0.3) is 0 Å². The van der Waals surface area contributed by atoms with Gasteiger partial charge in [-0.1, -0.05) is 18.2 Å². The Bertz CT molecular complexity index is 615. The summed E-state index contributed by atoms with van der Waals surface area (Å²) in [6.07, 6.45) is 0. The zero-order valence-corrected chi connectivity index (χ0v) is 12.2. The predicted molar refractivity (Wildman–Crippen MR) is 76.8 cm³/mol. The second-order valence-corrected chi connectivity index (χ2v) is 7.63. The molecular weight excluding hydrogens is 276 g/mol. The highest BCUT2D eigenvalue weighted by Gasteiger charge is 2.48. The van der Waals surface area contributed by atoms with Gasteiger partial charge >= 0.3 is 0 Å². The van der Waals surface area contributed by atoms with E-state index in [-0.39, 0.29) is 23.5 Å². The van der Waals surface area contributed by atoms with Crippen LogP contribution in [-0.4, -0.2) is 44.0 Å². The highest BCUT2D eigenvalue weighted by molar-refractivity contribution is 7.89. The number of anilines is 1. The van der Waals surface area contributed by atoms with Crippen molar-refractivity contribution in [2.75, 3.05) is 30.3 Å². The summed E-state index contributed by atoms with van der Waals surface area (Å²) < 4.78 is 25.3. The molecule has 0 radical (unpaired) electrons. The number of carbonyl (C=O) groups is 1. The van der Waals surface area contributed by atoms with Gasteiger partial charge in [0, 0.05) is 31.2 Å². The molecule has 108 valence electrons. The lowest BCUT2D eigenvalue weighted by Gasteiger charge is -2.21. The fraction of sp³-hybridized carbons (Fsp3) is 0.500. The summed E-state index contributed by atoms with van der Waals surface area (Å²) in [7, 11) is -3.18. The van der Waals surface area contributed by atoms with Crippen LogP contribution in [0.1, 0.15) is 6.92 Å². The lowest BCUT2D eigenvalue weighted by Crippen LogP contribution is -2.36. The van der Waals surface area contributed by atoms with Gasteiger partial charge in [-0.25, -0.2) is 12.7 Å². The zero-order chi connectivity index (χ0) is 14.3. The van der Waals surface area contributed by atoms with Crippen molar-refractivity contribution >= 4 is 21.6 Å². The minimum absolute atomic E-state index is 0.0509. The summed E-state index contributed by atoms with van der Waals surface area (Å²) >= 11 is 0. The van der Waals surface area contributed by atoms with E-state index in [9.17, 15) is 13.2 Å². The molecule has 3 rings (SSSR count). The number of fused-ring (bicyclic) bond motifs is 1. The maximum atomic E-state index is 12.5. The Kier molecular flexibility index (Phi) is 3.30. The van der Waals surface area contributed by atoms with Gasteiger partial charge in [0.05, 0.1) is 11.7 Å². The van der Waals surface area contributed by atoms with Crippen molar-refractivity contribution in [2.24, 2.45) is 11.8 Å². The molecule has 5 nitrogen and oxygen atoms in total. The SMILES string of the molecule is CCS(=O)(=O)N1C[C@@H]2CN(c3ccccc3)C(=O)[C@H]2C1. The standard InChI is InChI=1S/C14H18N2O3S/c1-2-20(18,19)15-8-11-9-16(14(17)13(11)10-15)12-6-4-3-5-7-12/h3-7,11,13H,2,8-10H2,1H3/t11-,13+/m1/s1. The number of hydrogen-bond donors (Lipinski definition) is 0. The zero-order valence-electron chi connectivity index (χ0n) is 11.4. The summed E-state index contributed by atoms with van der Waals surface area (Å²) in [5, 5.41) is 0. The van der Waals surface area contributed by atoms with Crippen LogP contribution in [0, 0.1) is 11.8 Å². The maximum absolute atomic E-state index is 12.5. The van der Waals surface area contributed by atoms with Gasteiger partial charge in [0.1, 0.15) is 0 Å². The Hall–Kier alpha value is -1.40. The predicted octanol–water partition coefficient (Wildman–Crippen LogP) is 0.931. The molecule has 1 aromatic rings. The van der Waals surface area contributed by atoms with Gasteiger partial charge in [0.2, 0.25) is 15.9 Å². The van der Waals surface area contributed by atoms with Crippen LogP contribution in [-0.2, 0) is 14.8 Å². The topological polar surface area (TPSA) is 57.7 Å². The molecule has 2 aliphatic heterocycles. The van der Waals surface area contributed by atoms with E-state index in [1.807, 2.05) is 30.3 Å². The first-order chi connectivity index (χ1) is 9.53. The van der Waals surface area contributed by atoms with Crippen LogP contribution >= 0.6 is 0 Å². The van der Waals surface area contributed by atoms with Crippen molar-refractivity contribution in [2.45, 2.75) is 6.92 Å². The van der Waals surface area contributed by atoms with Crippen LogP contribution in [0.2, 0.25) is 0 Å². The summed E-state index contributed by atoms with van der Waals surface area (Å²) in [5.41, 5.74) is 0.900. The van der Waals surface area contributed by atoms with E-state index in [1.165, 1.54) is 4.31 Å². The molecule has 20 heavy (non-hydrogen) atoms. The van der Waals surface area contributed by atoms with Gasteiger partial charge < -0.3 is 4.90 Å². The number of benzene rings is 1. The van der Waals surface area contributed by atoms with Gasteiger partial charge in [0.15, 0.2) is 0 Å². The Morgan fingerprint density at radius 2 is 1.85 bits per heavy atom. The number of amides is 1. The van der Waals surface area contributed by atoms with Gasteiger partial charge in [0.25, 0.3) is 0 Å². The third kappa shape index (κ3) is 2.13. The third-order valence-electron chi connectivity index (χ3n) is 4.23. The second kappa shape index (κ2) is 4.86. The smallest absolute Gasteiger partial charge is 0.231 e. The Balaban J connectivity index is 1.78. The lowest BCUT2D eigenvalue weighted by atomic mass is 10.0. The molecular formula is C14H18N2O3S. The van der Waals surface area contributed by atoms with E-state index in [4.69, 9.17) is 0 Å². The summed E-state index contributed by atoms with van der Waals surface area (Å²) in [6, 6.07) is 9.56. The first-order valence-electron chi connectivity index (χ1n) is 6.87.